The standard InChI is InChI=1S/C22H27FN4O/c1-3-6-17(4-2)22(28)21-19-15-27(26-20(19)10-12-24-21)14-16-8-9-18(25-13-16)7-5-11-23/h8-10,12-13,15,17H,3-7,11,14H2,1-2H3. The van der Waals surface area contributed by atoms with E-state index in [4.69, 9.17) is 0 Å². The van der Waals surface area contributed by atoms with Gasteiger partial charge in [0.05, 0.1) is 18.7 Å². The number of carbonyl (C=O) groups is 1. The minimum atomic E-state index is -0.324. The van der Waals surface area contributed by atoms with Gasteiger partial charge in [-0.05, 0) is 43.4 Å². The first-order valence-corrected chi connectivity index (χ1v) is 10.0. The summed E-state index contributed by atoms with van der Waals surface area (Å²) in [7, 11) is 0. The molecule has 0 aliphatic heterocycles. The van der Waals surface area contributed by atoms with Crippen molar-refractivity contribution in [3.63, 3.8) is 0 Å². The summed E-state index contributed by atoms with van der Waals surface area (Å²) in [6.45, 7) is 4.38. The van der Waals surface area contributed by atoms with Crippen LogP contribution in [0.2, 0.25) is 0 Å². The number of aromatic nitrogens is 4. The monoisotopic (exact) mass is 382 g/mol. The first-order chi connectivity index (χ1) is 13.7. The molecule has 0 aliphatic rings. The number of nitrogens with zero attached hydrogens (tertiary/aromatic N) is 4. The second-order valence-corrected chi connectivity index (χ2v) is 7.13. The van der Waals surface area contributed by atoms with Crippen LogP contribution in [0, 0.1) is 5.92 Å². The van der Waals surface area contributed by atoms with E-state index in [0.717, 1.165) is 41.4 Å². The molecule has 28 heavy (non-hydrogen) atoms. The summed E-state index contributed by atoms with van der Waals surface area (Å²) in [6, 6.07) is 5.76. The van der Waals surface area contributed by atoms with Crippen LogP contribution < -0.4 is 0 Å². The summed E-state index contributed by atoms with van der Waals surface area (Å²) in [6.07, 6.45) is 9.18. The molecule has 0 bridgehead atoms. The second-order valence-electron chi connectivity index (χ2n) is 7.13. The Morgan fingerprint density at radius 2 is 2.07 bits per heavy atom. The van der Waals surface area contributed by atoms with E-state index in [2.05, 4.69) is 22.0 Å². The van der Waals surface area contributed by atoms with Gasteiger partial charge in [-0.3, -0.25) is 23.8 Å². The SMILES string of the molecule is CCCC(CC)C(=O)c1nccc2nn(Cc3ccc(CCCF)nc3)cc12. The van der Waals surface area contributed by atoms with Crippen molar-refractivity contribution in [2.75, 3.05) is 6.67 Å². The van der Waals surface area contributed by atoms with Gasteiger partial charge in [-0.15, -0.1) is 0 Å². The number of carbonyl (C=O) groups excluding carboxylic acids is 1. The first kappa shape index (κ1) is 20.1. The third-order valence-corrected chi connectivity index (χ3v) is 5.01. The molecule has 3 rings (SSSR count). The third kappa shape index (κ3) is 4.61. The Labute approximate surface area is 165 Å². The van der Waals surface area contributed by atoms with Gasteiger partial charge in [-0.1, -0.05) is 26.3 Å². The van der Waals surface area contributed by atoms with Crippen molar-refractivity contribution >= 4 is 16.7 Å². The van der Waals surface area contributed by atoms with Crippen LogP contribution in [-0.2, 0) is 13.0 Å². The van der Waals surface area contributed by atoms with E-state index >= 15 is 0 Å². The van der Waals surface area contributed by atoms with Crippen molar-refractivity contribution in [1.29, 1.82) is 0 Å². The maximum atomic E-state index is 12.9. The van der Waals surface area contributed by atoms with Crippen LogP contribution in [0.1, 0.15) is 61.3 Å². The Bertz CT molecular complexity index is 920. The number of fused-ring (bicyclic) bond motifs is 1. The Morgan fingerprint density at radius 1 is 1.21 bits per heavy atom. The number of aryl methyl sites for hydroxylation is 1. The van der Waals surface area contributed by atoms with Crippen LogP contribution in [-0.4, -0.2) is 32.2 Å². The lowest BCUT2D eigenvalue weighted by molar-refractivity contribution is 0.0906. The number of Topliss-reactive ketones (excluding diaryl/α,β-unsaturated/α-hetero) is 1. The minimum Gasteiger partial charge on any atom is -0.292 e. The molecule has 3 heterocycles. The number of hydrogen-bond acceptors (Lipinski definition) is 4. The lowest BCUT2D eigenvalue weighted by Gasteiger charge is -2.12. The summed E-state index contributed by atoms with van der Waals surface area (Å²) in [5.41, 5.74) is 3.20. The molecule has 1 unspecified atom stereocenters. The molecule has 3 aromatic heterocycles. The summed E-state index contributed by atoms with van der Waals surface area (Å²) >= 11 is 0. The largest absolute Gasteiger partial charge is 0.292 e. The number of halogens is 1. The van der Waals surface area contributed by atoms with Crippen LogP contribution in [0.15, 0.2) is 36.8 Å². The van der Waals surface area contributed by atoms with Crippen molar-refractivity contribution in [3.05, 3.63) is 53.7 Å². The smallest absolute Gasteiger partial charge is 0.184 e. The summed E-state index contributed by atoms with van der Waals surface area (Å²) < 4.78 is 14.1. The molecule has 0 N–H and O–H groups in total. The van der Waals surface area contributed by atoms with Crippen molar-refractivity contribution in [2.45, 2.75) is 52.5 Å². The van der Waals surface area contributed by atoms with Gasteiger partial charge in [0.1, 0.15) is 5.69 Å². The Morgan fingerprint density at radius 3 is 2.75 bits per heavy atom. The van der Waals surface area contributed by atoms with E-state index in [1.807, 2.05) is 36.0 Å². The number of ketones is 1. The van der Waals surface area contributed by atoms with E-state index in [9.17, 15) is 9.18 Å². The highest BCUT2D eigenvalue weighted by Crippen LogP contribution is 2.22. The predicted octanol–water partition coefficient (Wildman–Crippen LogP) is 4.79. The van der Waals surface area contributed by atoms with E-state index in [1.165, 1.54) is 0 Å². The molecule has 3 aromatic rings. The fourth-order valence-corrected chi connectivity index (χ4v) is 3.47. The second kappa shape index (κ2) is 9.53. The average molecular weight is 382 g/mol. The van der Waals surface area contributed by atoms with Gasteiger partial charge in [-0.2, -0.15) is 5.10 Å². The molecule has 0 spiro atoms. The molecule has 0 radical (unpaired) electrons. The highest BCUT2D eigenvalue weighted by Gasteiger charge is 2.22. The van der Waals surface area contributed by atoms with E-state index in [1.54, 1.807) is 12.4 Å². The lowest BCUT2D eigenvalue weighted by atomic mass is 9.93. The Kier molecular flexibility index (Phi) is 6.85. The van der Waals surface area contributed by atoms with Gasteiger partial charge in [-0.25, -0.2) is 0 Å². The van der Waals surface area contributed by atoms with Crippen molar-refractivity contribution in [3.8, 4) is 0 Å². The molecule has 5 nitrogen and oxygen atoms in total. The van der Waals surface area contributed by atoms with Crippen molar-refractivity contribution in [2.24, 2.45) is 5.92 Å². The zero-order valence-corrected chi connectivity index (χ0v) is 16.6. The van der Waals surface area contributed by atoms with Gasteiger partial charge in [0, 0.05) is 35.6 Å². The lowest BCUT2D eigenvalue weighted by Crippen LogP contribution is -2.15. The summed E-state index contributed by atoms with van der Waals surface area (Å²) in [5.74, 6) is 0.112. The molecule has 0 aliphatic carbocycles. The molecule has 0 fully saturated rings. The van der Waals surface area contributed by atoms with Crippen LogP contribution in [0.25, 0.3) is 10.9 Å². The molecular weight excluding hydrogens is 355 g/mol. The molecule has 1 atom stereocenters. The third-order valence-electron chi connectivity index (χ3n) is 5.01. The molecule has 6 heteroatoms. The maximum absolute atomic E-state index is 12.9. The first-order valence-electron chi connectivity index (χ1n) is 10.0. The number of hydrogen-bond donors (Lipinski definition) is 0. The van der Waals surface area contributed by atoms with Gasteiger partial charge >= 0.3 is 0 Å². The topological polar surface area (TPSA) is 60.7 Å². The molecule has 148 valence electrons. The fourth-order valence-electron chi connectivity index (χ4n) is 3.47. The fraction of sp³-hybridized carbons (Fsp3) is 0.455. The zero-order chi connectivity index (χ0) is 19.9. The van der Waals surface area contributed by atoms with E-state index in [0.29, 0.717) is 25.1 Å². The predicted molar refractivity (Wildman–Crippen MR) is 108 cm³/mol. The number of alkyl halides is 1. The molecule has 0 aromatic carbocycles. The molecular formula is C22H27FN4O. The zero-order valence-electron chi connectivity index (χ0n) is 16.6. The number of rotatable bonds is 10. The maximum Gasteiger partial charge on any atom is 0.184 e. The van der Waals surface area contributed by atoms with Gasteiger partial charge in [0.2, 0.25) is 0 Å². The van der Waals surface area contributed by atoms with Crippen molar-refractivity contribution in [1.82, 2.24) is 19.7 Å². The van der Waals surface area contributed by atoms with Crippen LogP contribution in [0.4, 0.5) is 4.39 Å². The Hall–Kier alpha value is -2.63. The Balaban J connectivity index is 1.81. The van der Waals surface area contributed by atoms with Crippen LogP contribution in [0.3, 0.4) is 0 Å². The quantitative estimate of drug-likeness (QED) is 0.473. The summed E-state index contributed by atoms with van der Waals surface area (Å²) in [5, 5.41) is 5.40. The highest BCUT2D eigenvalue weighted by molar-refractivity contribution is 6.06. The average Bonchev–Trinajstić information content (AvgIpc) is 3.13. The van der Waals surface area contributed by atoms with E-state index in [-0.39, 0.29) is 18.4 Å². The van der Waals surface area contributed by atoms with E-state index < -0.39 is 0 Å². The molecule has 0 amide bonds. The summed E-state index contributed by atoms with van der Waals surface area (Å²) in [4.78, 5) is 21.7. The van der Waals surface area contributed by atoms with Crippen LogP contribution in [0.5, 0.6) is 0 Å². The van der Waals surface area contributed by atoms with Gasteiger partial charge in [0.25, 0.3) is 0 Å². The van der Waals surface area contributed by atoms with Crippen molar-refractivity contribution < 1.29 is 9.18 Å². The van der Waals surface area contributed by atoms with Gasteiger partial charge < -0.3 is 0 Å². The minimum absolute atomic E-state index is 0.00696. The highest BCUT2D eigenvalue weighted by atomic mass is 19.1. The normalized spacial score (nSPS) is 12.4. The van der Waals surface area contributed by atoms with Crippen LogP contribution >= 0.6 is 0 Å². The van der Waals surface area contributed by atoms with Gasteiger partial charge in [0.15, 0.2) is 5.78 Å². The molecule has 0 saturated heterocycles. The number of pyridine rings is 2. The molecule has 0 saturated carbocycles.